The smallest absolute Gasteiger partial charge is 0.240 e. The lowest BCUT2D eigenvalue weighted by atomic mass is 10.1. The molecule has 2 aromatic rings. The molecule has 0 aliphatic carbocycles. The van der Waals surface area contributed by atoms with Crippen molar-refractivity contribution in [1.82, 2.24) is 14.5 Å². The number of benzene rings is 1. The van der Waals surface area contributed by atoms with E-state index in [1.54, 1.807) is 29.2 Å². The summed E-state index contributed by atoms with van der Waals surface area (Å²) in [5, 5.41) is 4.63. The molecule has 0 saturated carbocycles. The summed E-state index contributed by atoms with van der Waals surface area (Å²) in [5.41, 5.74) is 1.17. The van der Waals surface area contributed by atoms with Gasteiger partial charge in [-0.1, -0.05) is 37.1 Å². The van der Waals surface area contributed by atoms with E-state index in [1.807, 2.05) is 12.1 Å². The maximum Gasteiger partial charge on any atom is 0.240 e. The van der Waals surface area contributed by atoms with Gasteiger partial charge in [0.1, 0.15) is 0 Å². The number of nitrogens with one attached hydrogen (secondary N) is 1. The van der Waals surface area contributed by atoms with Gasteiger partial charge in [-0.05, 0) is 37.0 Å². The van der Waals surface area contributed by atoms with Crippen molar-refractivity contribution in [1.29, 1.82) is 0 Å². The van der Waals surface area contributed by atoms with Crippen LogP contribution in [0, 0.1) is 0 Å². The molecule has 0 atom stereocenters. The zero-order valence-electron chi connectivity index (χ0n) is 13.2. The summed E-state index contributed by atoms with van der Waals surface area (Å²) in [6, 6.07) is 7.10. The Morgan fingerprint density at radius 2 is 1.96 bits per heavy atom. The topological polar surface area (TPSA) is 64.0 Å². The van der Waals surface area contributed by atoms with E-state index in [9.17, 15) is 8.42 Å². The zero-order chi connectivity index (χ0) is 16.7. The predicted molar refractivity (Wildman–Crippen MR) is 92.1 cm³/mol. The van der Waals surface area contributed by atoms with E-state index in [-0.39, 0.29) is 0 Å². The molecule has 2 rings (SSSR count). The first kappa shape index (κ1) is 18.0. The van der Waals surface area contributed by atoms with Crippen molar-refractivity contribution < 1.29 is 8.42 Å². The SMILES string of the molecule is CCCCc1ccc(S(=O)(=O)NCCCn2cc(Cl)cn2)cc1. The third-order valence-corrected chi connectivity index (χ3v) is 5.18. The molecule has 0 unspecified atom stereocenters. The first-order valence-corrected chi connectivity index (χ1v) is 9.64. The van der Waals surface area contributed by atoms with Crippen molar-refractivity contribution in [3.8, 4) is 0 Å². The van der Waals surface area contributed by atoms with Gasteiger partial charge in [0.2, 0.25) is 10.0 Å². The number of rotatable bonds is 9. The van der Waals surface area contributed by atoms with E-state index < -0.39 is 10.0 Å². The molecule has 0 radical (unpaired) electrons. The van der Waals surface area contributed by atoms with Gasteiger partial charge in [0.15, 0.2) is 0 Å². The lowest BCUT2D eigenvalue weighted by molar-refractivity contribution is 0.553. The molecular formula is C16H22ClN3O2S. The molecule has 5 nitrogen and oxygen atoms in total. The molecule has 23 heavy (non-hydrogen) atoms. The van der Waals surface area contributed by atoms with Gasteiger partial charge in [0, 0.05) is 19.3 Å². The standard InChI is InChI=1S/C16H22ClN3O2S/c1-2-3-5-14-6-8-16(9-7-14)23(21,22)19-10-4-11-20-13-15(17)12-18-20/h6-9,12-13,19H,2-5,10-11H2,1H3. The number of halogens is 1. The Kier molecular flexibility index (Phi) is 6.62. The predicted octanol–water partition coefficient (Wildman–Crippen LogP) is 3.25. The Balaban J connectivity index is 1.83. The van der Waals surface area contributed by atoms with E-state index in [0.717, 1.165) is 19.3 Å². The fourth-order valence-electron chi connectivity index (χ4n) is 2.21. The highest BCUT2D eigenvalue weighted by Gasteiger charge is 2.12. The maximum atomic E-state index is 12.2. The second-order valence-corrected chi connectivity index (χ2v) is 7.62. The molecule has 0 fully saturated rings. The molecule has 126 valence electrons. The van der Waals surface area contributed by atoms with Crippen LogP contribution in [0.1, 0.15) is 31.7 Å². The van der Waals surface area contributed by atoms with Crippen LogP contribution < -0.4 is 4.72 Å². The van der Waals surface area contributed by atoms with Crippen molar-refractivity contribution in [2.24, 2.45) is 0 Å². The molecule has 0 aliphatic rings. The minimum absolute atomic E-state index is 0.305. The maximum absolute atomic E-state index is 12.2. The molecular weight excluding hydrogens is 334 g/mol. The van der Waals surface area contributed by atoms with Gasteiger partial charge in [0.05, 0.1) is 16.1 Å². The molecule has 1 aromatic heterocycles. The van der Waals surface area contributed by atoms with Crippen molar-refractivity contribution in [3.05, 3.63) is 47.2 Å². The number of hydrogen-bond acceptors (Lipinski definition) is 3. The Morgan fingerprint density at radius 1 is 1.22 bits per heavy atom. The monoisotopic (exact) mass is 355 g/mol. The summed E-state index contributed by atoms with van der Waals surface area (Å²) >= 11 is 5.78. The number of aromatic nitrogens is 2. The number of nitrogens with zero attached hydrogens (tertiary/aromatic N) is 2. The summed E-state index contributed by atoms with van der Waals surface area (Å²) in [6.07, 6.45) is 7.14. The van der Waals surface area contributed by atoms with Crippen LogP contribution in [0.15, 0.2) is 41.6 Å². The third-order valence-electron chi connectivity index (χ3n) is 3.51. The average Bonchev–Trinajstić information content (AvgIpc) is 2.95. The fourth-order valence-corrected chi connectivity index (χ4v) is 3.44. The molecule has 0 spiro atoms. The second kappa shape index (κ2) is 8.47. The van der Waals surface area contributed by atoms with Gasteiger partial charge in [-0.15, -0.1) is 0 Å². The molecule has 0 amide bonds. The quantitative estimate of drug-likeness (QED) is 0.702. The minimum Gasteiger partial charge on any atom is -0.271 e. The first-order valence-electron chi connectivity index (χ1n) is 7.78. The van der Waals surface area contributed by atoms with Crippen LogP contribution in [0.4, 0.5) is 0 Å². The lowest BCUT2D eigenvalue weighted by Crippen LogP contribution is -2.25. The highest BCUT2D eigenvalue weighted by atomic mass is 35.5. The van der Waals surface area contributed by atoms with Crippen molar-refractivity contribution in [3.63, 3.8) is 0 Å². The van der Waals surface area contributed by atoms with Gasteiger partial charge in [-0.3, -0.25) is 4.68 Å². The summed E-state index contributed by atoms with van der Waals surface area (Å²) in [5.74, 6) is 0. The zero-order valence-corrected chi connectivity index (χ0v) is 14.8. The Bertz CT molecular complexity index is 711. The summed E-state index contributed by atoms with van der Waals surface area (Å²) in [7, 11) is -3.45. The van der Waals surface area contributed by atoms with Crippen molar-refractivity contribution >= 4 is 21.6 Å². The molecule has 0 aliphatic heterocycles. The molecule has 1 heterocycles. The van der Waals surface area contributed by atoms with E-state index in [1.165, 1.54) is 5.56 Å². The number of unbranched alkanes of at least 4 members (excludes halogenated alkanes) is 1. The van der Waals surface area contributed by atoms with Crippen LogP contribution in [-0.2, 0) is 23.0 Å². The van der Waals surface area contributed by atoms with Crippen molar-refractivity contribution in [2.75, 3.05) is 6.54 Å². The second-order valence-electron chi connectivity index (χ2n) is 5.42. The van der Waals surface area contributed by atoms with Crippen LogP contribution in [-0.4, -0.2) is 24.7 Å². The third kappa shape index (κ3) is 5.64. The molecule has 1 N–H and O–H groups in total. The largest absolute Gasteiger partial charge is 0.271 e. The van der Waals surface area contributed by atoms with Crippen LogP contribution in [0.5, 0.6) is 0 Å². The highest BCUT2D eigenvalue weighted by Crippen LogP contribution is 2.12. The van der Waals surface area contributed by atoms with E-state index in [4.69, 9.17) is 11.6 Å². The lowest BCUT2D eigenvalue weighted by Gasteiger charge is -2.08. The Labute approximate surface area is 142 Å². The van der Waals surface area contributed by atoms with Gasteiger partial charge in [-0.25, -0.2) is 13.1 Å². The number of sulfonamides is 1. The first-order chi connectivity index (χ1) is 11.0. The van der Waals surface area contributed by atoms with E-state index >= 15 is 0 Å². The number of hydrogen-bond donors (Lipinski definition) is 1. The van der Waals surface area contributed by atoms with Crippen molar-refractivity contribution in [2.45, 2.75) is 44.0 Å². The summed E-state index contributed by atoms with van der Waals surface area (Å²) in [6.45, 7) is 3.11. The van der Waals surface area contributed by atoms with Crippen LogP contribution >= 0.6 is 11.6 Å². The summed E-state index contributed by atoms with van der Waals surface area (Å²) < 4.78 is 28.7. The Morgan fingerprint density at radius 3 is 2.57 bits per heavy atom. The highest BCUT2D eigenvalue weighted by molar-refractivity contribution is 7.89. The fraction of sp³-hybridized carbons (Fsp3) is 0.438. The Hall–Kier alpha value is -1.37. The van der Waals surface area contributed by atoms with Gasteiger partial charge < -0.3 is 0 Å². The normalized spacial score (nSPS) is 11.7. The van der Waals surface area contributed by atoms with Crippen LogP contribution in [0.2, 0.25) is 5.02 Å². The van der Waals surface area contributed by atoms with Gasteiger partial charge in [0.25, 0.3) is 0 Å². The van der Waals surface area contributed by atoms with Crippen LogP contribution in [0.25, 0.3) is 0 Å². The average molecular weight is 356 g/mol. The summed E-state index contributed by atoms with van der Waals surface area (Å²) in [4.78, 5) is 0.305. The minimum atomic E-state index is -3.45. The van der Waals surface area contributed by atoms with E-state index in [0.29, 0.717) is 29.4 Å². The molecule has 1 aromatic carbocycles. The molecule has 0 saturated heterocycles. The van der Waals surface area contributed by atoms with Gasteiger partial charge in [-0.2, -0.15) is 5.10 Å². The molecule has 0 bridgehead atoms. The van der Waals surface area contributed by atoms with E-state index in [2.05, 4.69) is 16.7 Å². The molecule has 7 heteroatoms. The van der Waals surface area contributed by atoms with Gasteiger partial charge >= 0.3 is 0 Å². The van der Waals surface area contributed by atoms with Crippen LogP contribution in [0.3, 0.4) is 0 Å². The number of aryl methyl sites for hydroxylation is 2.